The van der Waals surface area contributed by atoms with Crippen LogP contribution in [0.25, 0.3) is 11.1 Å². The zero-order chi connectivity index (χ0) is 26.2. The molecule has 2 aromatic carbocycles. The second-order valence-corrected chi connectivity index (χ2v) is 11.0. The lowest BCUT2D eigenvalue weighted by Gasteiger charge is -2.30. The molecule has 1 N–H and O–H groups in total. The lowest BCUT2D eigenvalue weighted by atomic mass is 9.75. The van der Waals surface area contributed by atoms with Crippen molar-refractivity contribution >= 4 is 5.97 Å². The number of halogens is 1. The maximum absolute atomic E-state index is 15.0. The minimum atomic E-state index is -0.769. The number of hydrogen-bond donors (Lipinski definition) is 1. The first-order valence-electron chi connectivity index (χ1n) is 13.1. The van der Waals surface area contributed by atoms with Crippen molar-refractivity contribution in [3.05, 3.63) is 76.7 Å². The van der Waals surface area contributed by atoms with Gasteiger partial charge in [-0.1, -0.05) is 44.5 Å². The molecule has 1 fully saturated rings. The molecule has 6 heteroatoms. The first-order chi connectivity index (χ1) is 17.7. The monoisotopic (exact) mass is 503 g/mol. The minimum Gasteiger partial charge on any atom is -0.489 e. The molecule has 5 rings (SSSR count). The van der Waals surface area contributed by atoms with E-state index in [0.717, 1.165) is 60.1 Å². The maximum Gasteiger partial charge on any atom is 0.303 e. The van der Waals surface area contributed by atoms with Gasteiger partial charge in [-0.15, -0.1) is 0 Å². The van der Waals surface area contributed by atoms with Crippen molar-refractivity contribution in [1.82, 2.24) is 4.98 Å². The van der Waals surface area contributed by atoms with E-state index in [4.69, 9.17) is 9.47 Å². The molecule has 1 saturated carbocycles. The number of methoxy groups -OCH3 is 1. The molecule has 2 aliphatic carbocycles. The van der Waals surface area contributed by atoms with E-state index in [1.165, 1.54) is 18.9 Å². The third-order valence-corrected chi connectivity index (χ3v) is 8.22. The molecule has 2 aliphatic rings. The first kappa shape index (κ1) is 25.2. The Kier molecular flexibility index (Phi) is 6.93. The number of carbonyl (C=O) groups is 1. The Bertz CT molecular complexity index is 1320. The normalized spacial score (nSPS) is 20.0. The van der Waals surface area contributed by atoms with Crippen LogP contribution in [0.15, 0.2) is 48.7 Å². The highest BCUT2D eigenvalue weighted by Crippen LogP contribution is 2.51. The van der Waals surface area contributed by atoms with Crippen LogP contribution in [0.3, 0.4) is 0 Å². The number of aliphatic carboxylic acids is 1. The van der Waals surface area contributed by atoms with Crippen molar-refractivity contribution in [3.63, 3.8) is 0 Å². The van der Waals surface area contributed by atoms with Crippen LogP contribution in [0.4, 0.5) is 4.39 Å². The smallest absolute Gasteiger partial charge is 0.303 e. The van der Waals surface area contributed by atoms with Gasteiger partial charge in [0.1, 0.15) is 18.2 Å². The number of carboxylic acids is 1. The van der Waals surface area contributed by atoms with E-state index in [-0.39, 0.29) is 23.6 Å². The van der Waals surface area contributed by atoms with Crippen molar-refractivity contribution in [2.75, 3.05) is 7.11 Å². The molecule has 0 saturated heterocycles. The van der Waals surface area contributed by atoms with E-state index in [1.54, 1.807) is 6.07 Å². The third kappa shape index (κ3) is 5.20. The summed E-state index contributed by atoms with van der Waals surface area (Å²) in [6, 6.07) is 13.9. The summed E-state index contributed by atoms with van der Waals surface area (Å²) in [7, 11) is 1.54. The predicted molar refractivity (Wildman–Crippen MR) is 141 cm³/mol. The summed E-state index contributed by atoms with van der Waals surface area (Å²) < 4.78 is 26.4. The van der Waals surface area contributed by atoms with E-state index >= 15 is 0 Å². The fraction of sp³-hybridized carbons (Fsp3) is 0.419. The molecule has 1 heterocycles. The first-order valence-corrected chi connectivity index (χ1v) is 13.1. The number of benzene rings is 2. The van der Waals surface area contributed by atoms with Gasteiger partial charge in [-0.2, -0.15) is 0 Å². The average Bonchev–Trinajstić information content (AvgIpc) is 3.44. The second-order valence-electron chi connectivity index (χ2n) is 11.0. The summed E-state index contributed by atoms with van der Waals surface area (Å²) >= 11 is 0. The Labute approximate surface area is 217 Å². The number of carboxylic acid groups (broad SMARTS) is 1. The highest BCUT2D eigenvalue weighted by atomic mass is 19.1. The van der Waals surface area contributed by atoms with Crippen LogP contribution in [0.1, 0.15) is 80.0 Å². The zero-order valence-corrected chi connectivity index (χ0v) is 21.7. The number of hydrogen-bond acceptors (Lipinski definition) is 4. The maximum atomic E-state index is 15.0. The molecule has 37 heavy (non-hydrogen) atoms. The van der Waals surface area contributed by atoms with Crippen LogP contribution < -0.4 is 9.47 Å². The molecule has 0 radical (unpaired) electrons. The molecule has 1 aromatic heterocycles. The van der Waals surface area contributed by atoms with Gasteiger partial charge in [0, 0.05) is 11.6 Å². The third-order valence-electron chi connectivity index (χ3n) is 8.22. The van der Waals surface area contributed by atoms with Crippen LogP contribution in [-0.2, 0) is 17.8 Å². The van der Waals surface area contributed by atoms with Gasteiger partial charge in [-0.25, -0.2) is 9.37 Å². The largest absolute Gasteiger partial charge is 0.489 e. The lowest BCUT2D eigenvalue weighted by molar-refractivity contribution is -0.137. The molecule has 0 amide bonds. The Morgan fingerprint density at radius 1 is 1.11 bits per heavy atom. The van der Waals surface area contributed by atoms with Crippen LogP contribution in [0.5, 0.6) is 11.6 Å². The fourth-order valence-corrected chi connectivity index (χ4v) is 6.22. The molecular weight excluding hydrogens is 469 g/mol. The number of ether oxygens (including phenoxy) is 2. The lowest BCUT2D eigenvalue weighted by Crippen LogP contribution is -2.17. The zero-order valence-electron chi connectivity index (χ0n) is 21.7. The van der Waals surface area contributed by atoms with Gasteiger partial charge in [0.05, 0.1) is 19.7 Å². The molecule has 0 spiro atoms. The van der Waals surface area contributed by atoms with Gasteiger partial charge >= 0.3 is 5.97 Å². The SMILES string of the molecule is COc1cc(-c2ccc(COc3ccc4c(c3)[C@H](CC(=O)O)CC4)cc2[C@H]2CCCC2(C)C)c(F)cn1. The highest BCUT2D eigenvalue weighted by molar-refractivity contribution is 5.70. The summed E-state index contributed by atoms with van der Waals surface area (Å²) in [6.45, 7) is 4.96. The Balaban J connectivity index is 1.44. The molecule has 5 nitrogen and oxygen atoms in total. The van der Waals surface area contributed by atoms with Crippen molar-refractivity contribution in [2.24, 2.45) is 5.41 Å². The van der Waals surface area contributed by atoms with Crippen molar-refractivity contribution in [1.29, 1.82) is 0 Å². The van der Waals surface area contributed by atoms with Crippen LogP contribution in [-0.4, -0.2) is 23.2 Å². The minimum absolute atomic E-state index is 0.0405. The van der Waals surface area contributed by atoms with Gasteiger partial charge < -0.3 is 14.6 Å². The molecular formula is C31H34FNO4. The summed E-state index contributed by atoms with van der Waals surface area (Å²) in [6.07, 6.45) is 6.48. The van der Waals surface area contributed by atoms with Crippen LogP contribution in [0, 0.1) is 11.2 Å². The summed E-state index contributed by atoms with van der Waals surface area (Å²) in [5, 5.41) is 9.26. The molecule has 3 aromatic rings. The van der Waals surface area contributed by atoms with Crippen molar-refractivity contribution in [2.45, 2.75) is 70.8 Å². The molecule has 2 atom stereocenters. The summed E-state index contributed by atoms with van der Waals surface area (Å²) in [5.74, 6) is 0.341. The van der Waals surface area contributed by atoms with Crippen LogP contribution in [0.2, 0.25) is 0 Å². The van der Waals surface area contributed by atoms with E-state index in [1.807, 2.05) is 24.3 Å². The van der Waals surface area contributed by atoms with Gasteiger partial charge in [-0.05, 0) is 82.9 Å². The van der Waals surface area contributed by atoms with Gasteiger partial charge in [0.15, 0.2) is 0 Å². The highest BCUT2D eigenvalue weighted by Gasteiger charge is 2.37. The van der Waals surface area contributed by atoms with Crippen LogP contribution >= 0.6 is 0 Å². The van der Waals surface area contributed by atoms with Crippen molar-refractivity contribution in [3.8, 4) is 22.8 Å². The standard InChI is InChI=1S/C31H34FNO4/c1-31(2)12-4-5-27(31)25-13-19(6-11-23(25)26-16-29(36-3)33-17-28(26)32)18-37-22-10-9-20-7-8-21(14-30(34)35)24(20)15-22/h6,9-11,13,15-17,21,27H,4-5,7-8,12,14,18H2,1-3H3,(H,34,35)/t21-,27+/m0/s1. The number of aromatic nitrogens is 1. The Morgan fingerprint density at radius 2 is 1.95 bits per heavy atom. The van der Waals surface area contributed by atoms with Gasteiger partial charge in [-0.3, -0.25) is 4.79 Å². The predicted octanol–water partition coefficient (Wildman–Crippen LogP) is 7.27. The van der Waals surface area contributed by atoms with E-state index < -0.39 is 5.97 Å². The molecule has 194 valence electrons. The number of fused-ring (bicyclic) bond motifs is 1. The molecule has 0 bridgehead atoms. The van der Waals surface area contributed by atoms with E-state index in [2.05, 4.69) is 31.0 Å². The summed E-state index contributed by atoms with van der Waals surface area (Å²) in [5.41, 5.74) is 5.93. The quantitative estimate of drug-likeness (QED) is 0.350. The number of pyridine rings is 1. The topological polar surface area (TPSA) is 68.7 Å². The Hall–Kier alpha value is -3.41. The number of rotatable bonds is 8. The van der Waals surface area contributed by atoms with E-state index in [9.17, 15) is 14.3 Å². The van der Waals surface area contributed by atoms with E-state index in [0.29, 0.717) is 24.0 Å². The van der Waals surface area contributed by atoms with Gasteiger partial charge in [0.2, 0.25) is 5.88 Å². The number of aryl methyl sites for hydroxylation is 1. The molecule has 0 aliphatic heterocycles. The molecule has 0 unspecified atom stereocenters. The van der Waals surface area contributed by atoms with Crippen molar-refractivity contribution < 1.29 is 23.8 Å². The fourth-order valence-electron chi connectivity index (χ4n) is 6.22. The number of nitrogens with zero attached hydrogens (tertiary/aromatic N) is 1. The Morgan fingerprint density at radius 3 is 2.68 bits per heavy atom. The second kappa shape index (κ2) is 10.2. The van der Waals surface area contributed by atoms with Gasteiger partial charge in [0.25, 0.3) is 0 Å². The average molecular weight is 504 g/mol. The summed E-state index contributed by atoms with van der Waals surface area (Å²) in [4.78, 5) is 15.3.